The minimum absolute atomic E-state index is 0.101. The number of nitrogens with one attached hydrogen (secondary N) is 1. The summed E-state index contributed by atoms with van der Waals surface area (Å²) < 4.78 is 18.2. The molecule has 1 rings (SSSR count). The first-order valence-corrected chi connectivity index (χ1v) is 6.02. The number of anilines is 1. The molecule has 0 fully saturated rings. The maximum atomic E-state index is 13.2. The molecule has 0 atom stereocenters. The largest absolute Gasteiger partial charge is 0.385 e. The predicted molar refractivity (Wildman–Crippen MR) is 71.8 cm³/mol. The minimum atomic E-state index is -0.524. The van der Waals surface area contributed by atoms with E-state index in [1.54, 1.807) is 7.11 Å². The highest BCUT2D eigenvalue weighted by atomic mass is 19.1. The molecule has 0 aliphatic rings. The van der Waals surface area contributed by atoms with Crippen LogP contribution in [0.5, 0.6) is 0 Å². The summed E-state index contributed by atoms with van der Waals surface area (Å²) in [4.78, 5) is 10.3. The van der Waals surface area contributed by atoms with Crippen molar-refractivity contribution in [3.05, 3.63) is 34.1 Å². The van der Waals surface area contributed by atoms with Crippen molar-refractivity contribution >= 4 is 11.4 Å². The lowest BCUT2D eigenvalue weighted by Crippen LogP contribution is -2.25. The lowest BCUT2D eigenvalue weighted by Gasteiger charge is -2.25. The fourth-order valence-electron chi connectivity index (χ4n) is 1.61. The fraction of sp³-hybridized carbons (Fsp3) is 0.538. The van der Waals surface area contributed by atoms with E-state index in [9.17, 15) is 14.5 Å². The fourth-order valence-corrected chi connectivity index (χ4v) is 1.61. The van der Waals surface area contributed by atoms with Crippen molar-refractivity contribution in [2.24, 2.45) is 5.41 Å². The van der Waals surface area contributed by atoms with Crippen molar-refractivity contribution in [1.82, 2.24) is 0 Å². The molecule has 0 aliphatic carbocycles. The summed E-state index contributed by atoms with van der Waals surface area (Å²) >= 11 is 0. The maximum Gasteiger partial charge on any atom is 0.292 e. The van der Waals surface area contributed by atoms with Crippen molar-refractivity contribution in [3.8, 4) is 0 Å². The summed E-state index contributed by atoms with van der Waals surface area (Å²) in [6, 6.07) is 3.39. The number of nitro groups is 1. The number of ether oxygens (including phenoxy) is 1. The molecule has 106 valence electrons. The van der Waals surface area contributed by atoms with E-state index in [-0.39, 0.29) is 16.8 Å². The van der Waals surface area contributed by atoms with Crippen LogP contribution in [0.1, 0.15) is 20.3 Å². The second-order valence-corrected chi connectivity index (χ2v) is 5.18. The summed E-state index contributed by atoms with van der Waals surface area (Å²) in [6.45, 7) is 5.15. The van der Waals surface area contributed by atoms with E-state index in [0.29, 0.717) is 13.2 Å². The van der Waals surface area contributed by atoms with Crippen LogP contribution in [-0.4, -0.2) is 25.2 Å². The molecule has 19 heavy (non-hydrogen) atoms. The number of nitro benzene ring substituents is 1. The molecular weight excluding hydrogens is 251 g/mol. The third kappa shape index (κ3) is 4.82. The Labute approximate surface area is 111 Å². The standard InChI is InChI=1S/C13H19FN2O3/c1-13(2,6-7-19-3)9-15-11-8-10(14)4-5-12(11)16(17)18/h4-5,8,15H,6-7,9H2,1-3H3. The molecule has 0 saturated carbocycles. The molecule has 6 heteroatoms. The quantitative estimate of drug-likeness (QED) is 0.610. The zero-order chi connectivity index (χ0) is 14.5. The molecule has 0 aliphatic heterocycles. The Morgan fingerprint density at radius 1 is 1.47 bits per heavy atom. The second kappa shape index (κ2) is 6.47. The van der Waals surface area contributed by atoms with Gasteiger partial charge in [0, 0.05) is 32.4 Å². The average Bonchev–Trinajstić information content (AvgIpc) is 2.34. The van der Waals surface area contributed by atoms with Crippen LogP contribution < -0.4 is 5.32 Å². The topological polar surface area (TPSA) is 64.4 Å². The van der Waals surface area contributed by atoms with Gasteiger partial charge in [0.25, 0.3) is 5.69 Å². The molecule has 0 saturated heterocycles. The molecule has 0 heterocycles. The van der Waals surface area contributed by atoms with Crippen molar-refractivity contribution in [1.29, 1.82) is 0 Å². The van der Waals surface area contributed by atoms with Crippen molar-refractivity contribution in [3.63, 3.8) is 0 Å². The molecule has 1 aromatic rings. The molecular formula is C13H19FN2O3. The Morgan fingerprint density at radius 3 is 2.74 bits per heavy atom. The van der Waals surface area contributed by atoms with Crippen LogP contribution in [0, 0.1) is 21.3 Å². The normalized spacial score (nSPS) is 11.4. The van der Waals surface area contributed by atoms with E-state index in [4.69, 9.17) is 4.74 Å². The number of nitrogens with zero attached hydrogens (tertiary/aromatic N) is 1. The molecule has 0 spiro atoms. The number of rotatable bonds is 7. The zero-order valence-corrected chi connectivity index (χ0v) is 11.4. The highest BCUT2D eigenvalue weighted by Gasteiger charge is 2.20. The molecule has 1 N–H and O–H groups in total. The highest BCUT2D eigenvalue weighted by Crippen LogP contribution is 2.27. The van der Waals surface area contributed by atoms with Gasteiger partial charge in [0.2, 0.25) is 0 Å². The Balaban J connectivity index is 2.76. The number of methoxy groups -OCH3 is 1. The molecule has 0 unspecified atom stereocenters. The Bertz CT molecular complexity index is 450. The van der Waals surface area contributed by atoms with Crippen molar-refractivity contribution in [2.75, 3.05) is 25.6 Å². The molecule has 5 nitrogen and oxygen atoms in total. The molecule has 0 radical (unpaired) electrons. The van der Waals surface area contributed by atoms with E-state index >= 15 is 0 Å². The van der Waals surface area contributed by atoms with Gasteiger partial charge >= 0.3 is 0 Å². The lowest BCUT2D eigenvalue weighted by molar-refractivity contribution is -0.384. The van der Waals surface area contributed by atoms with E-state index < -0.39 is 10.7 Å². The van der Waals surface area contributed by atoms with Crippen LogP contribution in [-0.2, 0) is 4.74 Å². The van der Waals surface area contributed by atoms with E-state index in [2.05, 4.69) is 5.32 Å². The molecule has 1 aromatic carbocycles. The molecule has 0 amide bonds. The molecule has 0 bridgehead atoms. The number of halogens is 1. The third-order valence-corrected chi connectivity index (χ3v) is 2.90. The molecule has 0 aromatic heterocycles. The van der Waals surface area contributed by atoms with Crippen LogP contribution in [0.3, 0.4) is 0 Å². The van der Waals surface area contributed by atoms with Crippen LogP contribution in [0.2, 0.25) is 0 Å². The Morgan fingerprint density at radius 2 is 2.16 bits per heavy atom. The van der Waals surface area contributed by atoms with Gasteiger partial charge in [0.1, 0.15) is 11.5 Å². The third-order valence-electron chi connectivity index (χ3n) is 2.90. The van der Waals surface area contributed by atoms with Gasteiger partial charge in [-0.25, -0.2) is 4.39 Å². The van der Waals surface area contributed by atoms with Gasteiger partial charge in [-0.15, -0.1) is 0 Å². The van der Waals surface area contributed by atoms with Crippen molar-refractivity contribution in [2.45, 2.75) is 20.3 Å². The number of hydrogen-bond acceptors (Lipinski definition) is 4. The van der Waals surface area contributed by atoms with Crippen LogP contribution in [0.4, 0.5) is 15.8 Å². The van der Waals surface area contributed by atoms with Gasteiger partial charge in [-0.2, -0.15) is 0 Å². The van der Waals surface area contributed by atoms with E-state index in [1.807, 2.05) is 13.8 Å². The summed E-state index contributed by atoms with van der Waals surface area (Å²) in [5.74, 6) is -0.497. The first-order chi connectivity index (χ1) is 8.85. The van der Waals surface area contributed by atoms with Gasteiger partial charge in [0.15, 0.2) is 0 Å². The minimum Gasteiger partial charge on any atom is -0.385 e. The highest BCUT2D eigenvalue weighted by molar-refractivity contribution is 5.61. The Hall–Kier alpha value is -1.69. The van der Waals surface area contributed by atoms with Crippen molar-refractivity contribution < 1.29 is 14.1 Å². The zero-order valence-electron chi connectivity index (χ0n) is 11.4. The van der Waals surface area contributed by atoms with E-state index in [1.165, 1.54) is 6.07 Å². The van der Waals surface area contributed by atoms with Gasteiger partial charge in [0.05, 0.1) is 4.92 Å². The van der Waals surface area contributed by atoms with E-state index in [0.717, 1.165) is 18.6 Å². The maximum absolute atomic E-state index is 13.2. The summed E-state index contributed by atoms with van der Waals surface area (Å²) in [5, 5.41) is 13.8. The van der Waals surface area contributed by atoms with Crippen LogP contribution in [0.25, 0.3) is 0 Å². The van der Waals surface area contributed by atoms with Gasteiger partial charge < -0.3 is 10.1 Å². The lowest BCUT2D eigenvalue weighted by atomic mass is 9.89. The van der Waals surface area contributed by atoms with Gasteiger partial charge in [-0.3, -0.25) is 10.1 Å². The Kier molecular flexibility index (Phi) is 5.23. The first kappa shape index (κ1) is 15.4. The second-order valence-electron chi connectivity index (χ2n) is 5.18. The first-order valence-electron chi connectivity index (χ1n) is 6.02. The van der Waals surface area contributed by atoms with Crippen LogP contribution >= 0.6 is 0 Å². The number of benzene rings is 1. The predicted octanol–water partition coefficient (Wildman–Crippen LogP) is 3.21. The average molecular weight is 270 g/mol. The number of hydrogen-bond donors (Lipinski definition) is 1. The summed E-state index contributed by atoms with van der Waals surface area (Å²) in [5.41, 5.74) is -0.0182. The van der Waals surface area contributed by atoms with Crippen LogP contribution in [0.15, 0.2) is 18.2 Å². The van der Waals surface area contributed by atoms with Gasteiger partial charge in [-0.1, -0.05) is 13.8 Å². The SMILES string of the molecule is COCCC(C)(C)CNc1cc(F)ccc1[N+](=O)[O-]. The summed E-state index contributed by atoms with van der Waals surface area (Å²) in [7, 11) is 1.63. The summed E-state index contributed by atoms with van der Waals surface area (Å²) in [6.07, 6.45) is 0.805. The van der Waals surface area contributed by atoms with Gasteiger partial charge in [-0.05, 0) is 17.9 Å². The smallest absolute Gasteiger partial charge is 0.292 e. The monoisotopic (exact) mass is 270 g/mol.